The summed E-state index contributed by atoms with van der Waals surface area (Å²) in [6, 6.07) is 8.10. The van der Waals surface area contributed by atoms with Crippen LogP contribution in [-0.4, -0.2) is 16.9 Å². The van der Waals surface area contributed by atoms with Crippen LogP contribution in [0.15, 0.2) is 36.9 Å². The van der Waals surface area contributed by atoms with Crippen LogP contribution in [0, 0.1) is 13.8 Å². The van der Waals surface area contributed by atoms with Crippen LogP contribution in [-0.2, 0) is 6.42 Å². The van der Waals surface area contributed by atoms with Crippen molar-refractivity contribution in [2.24, 2.45) is 0 Å². The number of hydrogen-bond acceptors (Lipinski definition) is 2. The molecule has 0 atom stereocenters. The number of rotatable bonds is 4. The lowest BCUT2D eigenvalue weighted by atomic mass is 10.1. The van der Waals surface area contributed by atoms with Gasteiger partial charge in [-0.25, -0.2) is 4.68 Å². The molecular formula is C15H18N2O. The van der Waals surface area contributed by atoms with E-state index in [9.17, 15) is 0 Å². The lowest BCUT2D eigenvalue weighted by molar-refractivity contribution is 0.414. The Balaban J connectivity index is 2.55. The highest BCUT2D eigenvalue weighted by atomic mass is 16.5. The summed E-state index contributed by atoms with van der Waals surface area (Å²) >= 11 is 0. The minimum absolute atomic E-state index is 0.797. The molecule has 0 N–H and O–H groups in total. The summed E-state index contributed by atoms with van der Waals surface area (Å²) in [5.41, 5.74) is 4.40. The Kier molecular flexibility index (Phi) is 3.51. The first-order valence-corrected chi connectivity index (χ1v) is 5.97. The summed E-state index contributed by atoms with van der Waals surface area (Å²) in [6.07, 6.45) is 2.69. The topological polar surface area (TPSA) is 27.1 Å². The van der Waals surface area contributed by atoms with Crippen LogP contribution in [0.1, 0.15) is 17.0 Å². The molecule has 1 aromatic carbocycles. The van der Waals surface area contributed by atoms with Crippen LogP contribution in [0.2, 0.25) is 0 Å². The van der Waals surface area contributed by atoms with Crippen molar-refractivity contribution in [1.82, 2.24) is 9.78 Å². The van der Waals surface area contributed by atoms with E-state index in [0.29, 0.717) is 0 Å². The molecule has 18 heavy (non-hydrogen) atoms. The molecule has 0 saturated heterocycles. The fourth-order valence-corrected chi connectivity index (χ4v) is 2.09. The summed E-state index contributed by atoms with van der Waals surface area (Å²) in [4.78, 5) is 0. The third kappa shape index (κ3) is 2.30. The first-order valence-electron chi connectivity index (χ1n) is 5.97. The van der Waals surface area contributed by atoms with E-state index < -0.39 is 0 Å². The molecule has 1 heterocycles. The van der Waals surface area contributed by atoms with Crippen molar-refractivity contribution >= 4 is 0 Å². The minimum Gasteiger partial charge on any atom is -0.497 e. The van der Waals surface area contributed by atoms with Crippen LogP contribution >= 0.6 is 0 Å². The first-order chi connectivity index (χ1) is 8.65. The summed E-state index contributed by atoms with van der Waals surface area (Å²) < 4.78 is 7.23. The van der Waals surface area contributed by atoms with Crippen molar-refractivity contribution in [3.8, 4) is 11.4 Å². The van der Waals surface area contributed by atoms with Gasteiger partial charge in [0.05, 0.1) is 18.5 Å². The number of methoxy groups -OCH3 is 1. The van der Waals surface area contributed by atoms with Gasteiger partial charge < -0.3 is 4.74 Å². The van der Waals surface area contributed by atoms with Crippen LogP contribution in [0.25, 0.3) is 5.69 Å². The van der Waals surface area contributed by atoms with Crippen molar-refractivity contribution in [3.63, 3.8) is 0 Å². The number of ether oxygens (including phenoxy) is 1. The highest BCUT2D eigenvalue weighted by molar-refractivity contribution is 5.47. The average Bonchev–Trinajstić information content (AvgIpc) is 2.68. The molecule has 2 aromatic rings. The fraction of sp³-hybridized carbons (Fsp3) is 0.267. The van der Waals surface area contributed by atoms with Gasteiger partial charge in [-0.05, 0) is 50.1 Å². The van der Waals surface area contributed by atoms with Crippen molar-refractivity contribution in [1.29, 1.82) is 0 Å². The monoisotopic (exact) mass is 242 g/mol. The second-order valence-electron chi connectivity index (χ2n) is 4.33. The van der Waals surface area contributed by atoms with Crippen molar-refractivity contribution in [3.05, 3.63) is 53.9 Å². The molecule has 3 heteroatoms. The largest absolute Gasteiger partial charge is 0.497 e. The highest BCUT2D eigenvalue weighted by Crippen LogP contribution is 2.23. The Hall–Kier alpha value is -2.03. The zero-order chi connectivity index (χ0) is 13.1. The van der Waals surface area contributed by atoms with E-state index in [1.165, 1.54) is 0 Å². The van der Waals surface area contributed by atoms with E-state index in [4.69, 9.17) is 4.74 Å². The van der Waals surface area contributed by atoms with Crippen LogP contribution in [0.3, 0.4) is 0 Å². The van der Waals surface area contributed by atoms with Gasteiger partial charge in [0.25, 0.3) is 0 Å². The summed E-state index contributed by atoms with van der Waals surface area (Å²) in [6.45, 7) is 7.86. The fourth-order valence-electron chi connectivity index (χ4n) is 2.09. The number of hydrogen-bond donors (Lipinski definition) is 0. The van der Waals surface area contributed by atoms with Gasteiger partial charge in [0, 0.05) is 5.69 Å². The van der Waals surface area contributed by atoms with E-state index in [1.54, 1.807) is 7.11 Å². The molecule has 0 radical (unpaired) electrons. The molecule has 0 aliphatic carbocycles. The van der Waals surface area contributed by atoms with E-state index in [-0.39, 0.29) is 0 Å². The maximum Gasteiger partial charge on any atom is 0.119 e. The van der Waals surface area contributed by atoms with E-state index in [2.05, 4.69) is 24.7 Å². The van der Waals surface area contributed by atoms with Gasteiger partial charge in [0.1, 0.15) is 5.75 Å². The number of nitrogens with zero attached hydrogens (tertiary/aromatic N) is 2. The van der Waals surface area contributed by atoms with E-state index >= 15 is 0 Å². The highest BCUT2D eigenvalue weighted by Gasteiger charge is 2.09. The third-order valence-electron chi connectivity index (χ3n) is 2.89. The van der Waals surface area contributed by atoms with E-state index in [1.807, 2.05) is 35.9 Å². The molecule has 2 rings (SSSR count). The molecular weight excluding hydrogens is 224 g/mol. The van der Waals surface area contributed by atoms with Gasteiger partial charge in [-0.3, -0.25) is 0 Å². The molecule has 0 amide bonds. The SMILES string of the molecule is C=CCc1cc(OC)ccc1-n1nc(C)cc1C. The quantitative estimate of drug-likeness (QED) is 0.770. The van der Waals surface area contributed by atoms with Gasteiger partial charge in [0.2, 0.25) is 0 Å². The second-order valence-corrected chi connectivity index (χ2v) is 4.33. The molecule has 94 valence electrons. The third-order valence-corrected chi connectivity index (χ3v) is 2.89. The zero-order valence-corrected chi connectivity index (χ0v) is 11.1. The Labute approximate surface area is 108 Å². The average molecular weight is 242 g/mol. The predicted molar refractivity (Wildman–Crippen MR) is 73.5 cm³/mol. The molecule has 0 aliphatic rings. The van der Waals surface area contributed by atoms with Crippen LogP contribution in [0.5, 0.6) is 5.75 Å². The van der Waals surface area contributed by atoms with Gasteiger partial charge in [-0.15, -0.1) is 6.58 Å². The number of benzene rings is 1. The molecule has 0 spiro atoms. The second kappa shape index (κ2) is 5.08. The van der Waals surface area contributed by atoms with Crippen molar-refractivity contribution in [2.45, 2.75) is 20.3 Å². The Morgan fingerprint density at radius 2 is 2.11 bits per heavy atom. The zero-order valence-electron chi connectivity index (χ0n) is 11.1. The predicted octanol–water partition coefficient (Wildman–Crippen LogP) is 3.23. The molecule has 0 fully saturated rings. The summed E-state index contributed by atoms with van der Waals surface area (Å²) in [7, 11) is 1.68. The first kappa shape index (κ1) is 12.4. The molecule has 1 aromatic heterocycles. The Morgan fingerprint density at radius 3 is 2.67 bits per heavy atom. The molecule has 0 bridgehead atoms. The Morgan fingerprint density at radius 1 is 1.33 bits per heavy atom. The standard InChI is InChI=1S/C15H18N2O/c1-5-6-13-10-14(18-4)7-8-15(13)17-12(3)9-11(2)16-17/h5,7-10H,1,6H2,2-4H3. The lowest BCUT2D eigenvalue weighted by Gasteiger charge is -2.11. The van der Waals surface area contributed by atoms with Gasteiger partial charge in [-0.1, -0.05) is 6.08 Å². The molecule has 0 aliphatic heterocycles. The van der Waals surface area contributed by atoms with Gasteiger partial charge in [-0.2, -0.15) is 5.10 Å². The van der Waals surface area contributed by atoms with Crippen LogP contribution < -0.4 is 4.74 Å². The molecule has 3 nitrogen and oxygen atoms in total. The van der Waals surface area contributed by atoms with Crippen molar-refractivity contribution < 1.29 is 4.74 Å². The summed E-state index contributed by atoms with van der Waals surface area (Å²) in [5, 5.41) is 4.52. The Bertz CT molecular complexity index is 570. The molecule has 0 unspecified atom stereocenters. The van der Waals surface area contributed by atoms with E-state index in [0.717, 1.165) is 34.8 Å². The number of allylic oxidation sites excluding steroid dienone is 1. The normalized spacial score (nSPS) is 10.4. The van der Waals surface area contributed by atoms with Crippen molar-refractivity contribution in [2.75, 3.05) is 7.11 Å². The number of aryl methyl sites for hydroxylation is 2. The lowest BCUT2D eigenvalue weighted by Crippen LogP contribution is -2.03. The van der Waals surface area contributed by atoms with Gasteiger partial charge >= 0.3 is 0 Å². The van der Waals surface area contributed by atoms with Gasteiger partial charge in [0.15, 0.2) is 0 Å². The summed E-state index contributed by atoms with van der Waals surface area (Å²) in [5.74, 6) is 0.858. The maximum absolute atomic E-state index is 5.26. The number of aromatic nitrogens is 2. The minimum atomic E-state index is 0.797. The van der Waals surface area contributed by atoms with Crippen LogP contribution in [0.4, 0.5) is 0 Å². The molecule has 0 saturated carbocycles. The maximum atomic E-state index is 5.26. The smallest absolute Gasteiger partial charge is 0.119 e.